The van der Waals surface area contributed by atoms with Crippen molar-refractivity contribution in [3.8, 4) is 0 Å². The number of carbonyl (C=O) groups excluding carboxylic acids is 1. The van der Waals surface area contributed by atoms with E-state index in [1.54, 1.807) is 13.8 Å². The molecule has 1 rings (SSSR count). The maximum atomic E-state index is 12.2. The van der Waals surface area contributed by atoms with E-state index in [4.69, 9.17) is 14.6 Å². The van der Waals surface area contributed by atoms with Crippen molar-refractivity contribution < 1.29 is 24.2 Å². The lowest BCUT2D eigenvalue weighted by molar-refractivity contribution is -0.146. The van der Waals surface area contributed by atoms with Crippen LogP contribution < -0.4 is 5.32 Å². The van der Waals surface area contributed by atoms with Gasteiger partial charge in [0.1, 0.15) is 0 Å². The highest BCUT2D eigenvalue weighted by Crippen LogP contribution is 2.17. The number of carboxylic acids is 1. The maximum absolute atomic E-state index is 12.2. The molecule has 0 radical (unpaired) electrons. The molecule has 6 heteroatoms. The van der Waals surface area contributed by atoms with Crippen LogP contribution in [0.15, 0.2) is 30.3 Å². The molecule has 1 aromatic rings. The lowest BCUT2D eigenvalue weighted by Gasteiger charge is -2.25. The SMILES string of the molecule is COCC(NC(=O)C(C)(C)COCc1ccccc1)C(=O)O. The maximum Gasteiger partial charge on any atom is 0.328 e. The molecule has 1 unspecified atom stereocenters. The molecule has 0 spiro atoms. The number of methoxy groups -OCH3 is 1. The van der Waals surface area contributed by atoms with Crippen molar-refractivity contribution >= 4 is 11.9 Å². The predicted molar refractivity (Wildman–Crippen MR) is 81.3 cm³/mol. The van der Waals surface area contributed by atoms with Crippen LogP contribution in [0.4, 0.5) is 0 Å². The van der Waals surface area contributed by atoms with Crippen LogP contribution in [0, 0.1) is 5.41 Å². The van der Waals surface area contributed by atoms with E-state index in [9.17, 15) is 9.59 Å². The van der Waals surface area contributed by atoms with Crippen LogP contribution in [-0.4, -0.2) is 43.3 Å². The fourth-order valence-corrected chi connectivity index (χ4v) is 1.76. The number of ether oxygens (including phenoxy) is 2. The van der Waals surface area contributed by atoms with Crippen LogP contribution in [0.2, 0.25) is 0 Å². The van der Waals surface area contributed by atoms with Gasteiger partial charge >= 0.3 is 5.97 Å². The summed E-state index contributed by atoms with van der Waals surface area (Å²) >= 11 is 0. The molecule has 22 heavy (non-hydrogen) atoms. The summed E-state index contributed by atoms with van der Waals surface area (Å²) in [6.07, 6.45) is 0. The summed E-state index contributed by atoms with van der Waals surface area (Å²) in [4.78, 5) is 23.2. The summed E-state index contributed by atoms with van der Waals surface area (Å²) in [7, 11) is 1.39. The second kappa shape index (κ2) is 8.51. The third-order valence-corrected chi connectivity index (χ3v) is 3.13. The third-order valence-electron chi connectivity index (χ3n) is 3.13. The zero-order valence-electron chi connectivity index (χ0n) is 13.2. The van der Waals surface area contributed by atoms with Crippen LogP contribution in [0.1, 0.15) is 19.4 Å². The Balaban J connectivity index is 2.49. The van der Waals surface area contributed by atoms with Crippen LogP contribution >= 0.6 is 0 Å². The molecule has 1 amide bonds. The van der Waals surface area contributed by atoms with Gasteiger partial charge in [0.2, 0.25) is 5.91 Å². The summed E-state index contributed by atoms with van der Waals surface area (Å²) in [5, 5.41) is 11.5. The number of amides is 1. The van der Waals surface area contributed by atoms with Crippen molar-refractivity contribution in [2.75, 3.05) is 20.3 Å². The van der Waals surface area contributed by atoms with Crippen molar-refractivity contribution in [3.05, 3.63) is 35.9 Å². The van der Waals surface area contributed by atoms with Gasteiger partial charge in [-0.1, -0.05) is 30.3 Å². The number of hydrogen-bond acceptors (Lipinski definition) is 4. The molecule has 0 aliphatic heterocycles. The fourth-order valence-electron chi connectivity index (χ4n) is 1.76. The normalized spacial score (nSPS) is 12.7. The van der Waals surface area contributed by atoms with Crippen molar-refractivity contribution in [1.29, 1.82) is 0 Å². The molecule has 0 aromatic heterocycles. The second-order valence-corrected chi connectivity index (χ2v) is 5.68. The number of carboxylic acid groups (broad SMARTS) is 1. The molecule has 6 nitrogen and oxygen atoms in total. The van der Waals surface area contributed by atoms with Gasteiger partial charge in [0.25, 0.3) is 0 Å². The van der Waals surface area contributed by atoms with Crippen molar-refractivity contribution in [2.24, 2.45) is 5.41 Å². The van der Waals surface area contributed by atoms with Gasteiger partial charge in [0, 0.05) is 7.11 Å². The van der Waals surface area contributed by atoms with Crippen molar-refractivity contribution in [1.82, 2.24) is 5.32 Å². The zero-order chi connectivity index (χ0) is 16.6. The Morgan fingerprint density at radius 1 is 1.27 bits per heavy atom. The molecule has 0 saturated carbocycles. The largest absolute Gasteiger partial charge is 0.480 e. The predicted octanol–water partition coefficient (Wildman–Crippen LogP) is 1.45. The molecule has 0 bridgehead atoms. The lowest BCUT2D eigenvalue weighted by Crippen LogP contribution is -2.49. The first-order valence-electron chi connectivity index (χ1n) is 7.01. The summed E-state index contributed by atoms with van der Waals surface area (Å²) in [5.74, 6) is -1.51. The first kappa shape index (κ1) is 18.1. The number of rotatable bonds is 9. The van der Waals surface area contributed by atoms with Gasteiger partial charge < -0.3 is 19.9 Å². The Kier molecular flexibility index (Phi) is 7.01. The van der Waals surface area contributed by atoms with E-state index < -0.39 is 17.4 Å². The molecule has 0 saturated heterocycles. The molecular weight excluding hydrogens is 286 g/mol. The zero-order valence-corrected chi connectivity index (χ0v) is 13.2. The Morgan fingerprint density at radius 2 is 1.91 bits per heavy atom. The van der Waals surface area contributed by atoms with Gasteiger partial charge in [-0.25, -0.2) is 4.79 Å². The van der Waals surface area contributed by atoms with Gasteiger partial charge in [-0.2, -0.15) is 0 Å². The minimum atomic E-state index is -1.13. The number of carbonyl (C=O) groups is 2. The van der Waals surface area contributed by atoms with Crippen molar-refractivity contribution in [3.63, 3.8) is 0 Å². The van der Waals surface area contributed by atoms with Crippen LogP contribution in [-0.2, 0) is 25.7 Å². The highest BCUT2D eigenvalue weighted by Gasteiger charge is 2.31. The Labute approximate surface area is 130 Å². The average Bonchev–Trinajstić information content (AvgIpc) is 2.47. The van der Waals surface area contributed by atoms with Gasteiger partial charge in [-0.3, -0.25) is 4.79 Å². The summed E-state index contributed by atoms with van der Waals surface area (Å²) in [6.45, 7) is 3.92. The Morgan fingerprint density at radius 3 is 2.45 bits per heavy atom. The molecule has 122 valence electrons. The first-order chi connectivity index (χ1) is 10.4. The van der Waals surface area contributed by atoms with E-state index in [0.29, 0.717) is 6.61 Å². The summed E-state index contributed by atoms with van der Waals surface area (Å²) < 4.78 is 10.4. The second-order valence-electron chi connectivity index (χ2n) is 5.68. The van der Waals surface area contributed by atoms with Crippen LogP contribution in [0.25, 0.3) is 0 Å². The number of hydrogen-bond donors (Lipinski definition) is 2. The van der Waals surface area contributed by atoms with Gasteiger partial charge in [0.15, 0.2) is 6.04 Å². The smallest absolute Gasteiger partial charge is 0.328 e. The molecular formula is C16H23NO5. The molecule has 2 N–H and O–H groups in total. The molecule has 0 heterocycles. The standard InChI is InChI=1S/C16H23NO5/c1-16(2,11-22-9-12-7-5-4-6-8-12)15(20)17-13(10-21-3)14(18)19/h4-8,13H,9-11H2,1-3H3,(H,17,20)(H,18,19). The minimum absolute atomic E-state index is 0.0813. The highest BCUT2D eigenvalue weighted by atomic mass is 16.5. The lowest BCUT2D eigenvalue weighted by atomic mass is 9.93. The quantitative estimate of drug-likeness (QED) is 0.721. The number of nitrogens with one attached hydrogen (secondary N) is 1. The van der Waals surface area contributed by atoms with Gasteiger partial charge in [-0.15, -0.1) is 0 Å². The Hall–Kier alpha value is -1.92. The Bertz CT molecular complexity index is 487. The first-order valence-corrected chi connectivity index (χ1v) is 7.01. The monoisotopic (exact) mass is 309 g/mol. The average molecular weight is 309 g/mol. The van der Waals surface area contributed by atoms with E-state index in [-0.39, 0.29) is 19.1 Å². The molecule has 0 aliphatic rings. The van der Waals surface area contributed by atoms with Crippen LogP contribution in [0.3, 0.4) is 0 Å². The fraction of sp³-hybridized carbons (Fsp3) is 0.500. The van der Waals surface area contributed by atoms with Gasteiger partial charge in [0.05, 0.1) is 25.2 Å². The van der Waals surface area contributed by atoms with Crippen molar-refractivity contribution in [2.45, 2.75) is 26.5 Å². The number of aliphatic carboxylic acids is 1. The molecule has 1 aromatic carbocycles. The van der Waals surface area contributed by atoms with E-state index in [2.05, 4.69) is 5.32 Å². The van der Waals surface area contributed by atoms with E-state index in [0.717, 1.165) is 5.56 Å². The molecule has 0 aliphatic carbocycles. The minimum Gasteiger partial charge on any atom is -0.480 e. The van der Waals surface area contributed by atoms with E-state index in [1.165, 1.54) is 7.11 Å². The summed E-state index contributed by atoms with van der Waals surface area (Å²) in [6, 6.07) is 8.56. The molecule has 0 fully saturated rings. The third kappa shape index (κ3) is 5.83. The number of benzene rings is 1. The topological polar surface area (TPSA) is 84.9 Å². The van der Waals surface area contributed by atoms with E-state index >= 15 is 0 Å². The van der Waals surface area contributed by atoms with Crippen LogP contribution in [0.5, 0.6) is 0 Å². The highest BCUT2D eigenvalue weighted by molar-refractivity contribution is 5.87. The summed E-state index contributed by atoms with van der Waals surface area (Å²) in [5.41, 5.74) is 0.178. The van der Waals surface area contributed by atoms with E-state index in [1.807, 2.05) is 30.3 Å². The molecule has 1 atom stereocenters. The van der Waals surface area contributed by atoms with Gasteiger partial charge in [-0.05, 0) is 19.4 Å².